The molecule has 0 radical (unpaired) electrons. The van der Waals surface area contributed by atoms with Crippen LogP contribution >= 0.6 is 0 Å². The number of hydrogen-bond donors (Lipinski definition) is 2. The van der Waals surface area contributed by atoms with Gasteiger partial charge in [-0.1, -0.05) is 6.07 Å². The van der Waals surface area contributed by atoms with Gasteiger partial charge in [-0.15, -0.1) is 0 Å². The van der Waals surface area contributed by atoms with Gasteiger partial charge >= 0.3 is 0 Å². The van der Waals surface area contributed by atoms with E-state index in [2.05, 4.69) is 10.6 Å². The molecule has 0 saturated carbocycles. The molecule has 1 aliphatic heterocycles. The highest BCUT2D eigenvalue weighted by atomic mass is 16.5. The molecule has 0 fully saturated rings. The molecular weight excluding hydrogens is 308 g/mol. The molecule has 124 valence electrons. The standard InChI is InChI=1S/C18H18N2O4/c1-11-3-5-14(7-12(11)2)23-9-17(21)19-13-4-6-16-15(8-13)20-18(22)10-24-16/h3-8H,9-10H2,1-2H3,(H,19,21)(H,20,22). The van der Waals surface area contributed by atoms with Gasteiger partial charge < -0.3 is 20.1 Å². The lowest BCUT2D eigenvalue weighted by Crippen LogP contribution is -2.25. The molecule has 0 saturated heterocycles. The Morgan fingerprint density at radius 3 is 2.83 bits per heavy atom. The van der Waals surface area contributed by atoms with E-state index in [0.29, 0.717) is 22.9 Å². The summed E-state index contributed by atoms with van der Waals surface area (Å²) in [5, 5.41) is 5.43. The van der Waals surface area contributed by atoms with Crippen molar-refractivity contribution in [2.75, 3.05) is 23.8 Å². The number of hydrogen-bond acceptors (Lipinski definition) is 4. The number of aryl methyl sites for hydroxylation is 2. The fraction of sp³-hybridized carbons (Fsp3) is 0.222. The molecule has 0 bridgehead atoms. The Hall–Kier alpha value is -3.02. The number of carbonyl (C=O) groups is 2. The van der Waals surface area contributed by atoms with Crippen molar-refractivity contribution in [3.05, 3.63) is 47.5 Å². The first-order valence-corrected chi connectivity index (χ1v) is 7.58. The van der Waals surface area contributed by atoms with Crippen molar-refractivity contribution >= 4 is 23.2 Å². The van der Waals surface area contributed by atoms with Crippen LogP contribution in [0.3, 0.4) is 0 Å². The van der Waals surface area contributed by atoms with Gasteiger partial charge in [-0.25, -0.2) is 0 Å². The molecule has 0 unspecified atom stereocenters. The molecule has 0 spiro atoms. The van der Waals surface area contributed by atoms with Crippen LogP contribution in [0.25, 0.3) is 0 Å². The number of nitrogens with one attached hydrogen (secondary N) is 2. The summed E-state index contributed by atoms with van der Waals surface area (Å²) < 4.78 is 10.8. The van der Waals surface area contributed by atoms with E-state index in [-0.39, 0.29) is 25.0 Å². The van der Waals surface area contributed by atoms with Crippen molar-refractivity contribution in [3.63, 3.8) is 0 Å². The van der Waals surface area contributed by atoms with E-state index in [0.717, 1.165) is 5.56 Å². The summed E-state index contributed by atoms with van der Waals surface area (Å²) in [4.78, 5) is 23.3. The van der Waals surface area contributed by atoms with E-state index in [1.807, 2.05) is 32.0 Å². The summed E-state index contributed by atoms with van der Waals surface area (Å²) in [7, 11) is 0. The number of fused-ring (bicyclic) bond motifs is 1. The van der Waals surface area contributed by atoms with Crippen LogP contribution in [0.15, 0.2) is 36.4 Å². The molecule has 6 heteroatoms. The van der Waals surface area contributed by atoms with Crippen LogP contribution in [-0.2, 0) is 9.59 Å². The van der Waals surface area contributed by atoms with Gasteiger partial charge in [-0.3, -0.25) is 9.59 Å². The third-order valence-electron chi connectivity index (χ3n) is 3.74. The Kier molecular flexibility index (Phi) is 4.37. The Morgan fingerprint density at radius 2 is 2.04 bits per heavy atom. The second-order valence-electron chi connectivity index (χ2n) is 5.63. The van der Waals surface area contributed by atoms with Crippen LogP contribution < -0.4 is 20.1 Å². The molecule has 2 amide bonds. The van der Waals surface area contributed by atoms with Crippen LogP contribution in [0.1, 0.15) is 11.1 Å². The van der Waals surface area contributed by atoms with Crippen molar-refractivity contribution in [1.82, 2.24) is 0 Å². The normalized spacial score (nSPS) is 12.7. The molecule has 2 aromatic rings. The summed E-state index contributed by atoms with van der Waals surface area (Å²) in [5.41, 5.74) is 3.39. The number of carbonyl (C=O) groups excluding carboxylic acids is 2. The molecule has 6 nitrogen and oxygen atoms in total. The third-order valence-corrected chi connectivity index (χ3v) is 3.74. The maximum atomic E-state index is 12.0. The monoisotopic (exact) mass is 326 g/mol. The first-order chi connectivity index (χ1) is 11.5. The second-order valence-corrected chi connectivity index (χ2v) is 5.63. The third kappa shape index (κ3) is 3.65. The molecule has 0 aliphatic carbocycles. The van der Waals surface area contributed by atoms with Crippen molar-refractivity contribution in [1.29, 1.82) is 0 Å². The number of rotatable bonds is 4. The van der Waals surface area contributed by atoms with Gasteiger partial charge in [-0.2, -0.15) is 0 Å². The van der Waals surface area contributed by atoms with Gasteiger partial charge in [0.15, 0.2) is 13.2 Å². The zero-order chi connectivity index (χ0) is 17.1. The predicted octanol–water partition coefficient (Wildman–Crippen LogP) is 2.65. The molecule has 0 aromatic heterocycles. The van der Waals surface area contributed by atoms with E-state index in [9.17, 15) is 9.59 Å². The Labute approximate surface area is 139 Å². The maximum absolute atomic E-state index is 12.0. The topological polar surface area (TPSA) is 76.7 Å². The minimum Gasteiger partial charge on any atom is -0.484 e. The van der Waals surface area contributed by atoms with Crippen molar-refractivity contribution in [2.45, 2.75) is 13.8 Å². The zero-order valence-electron chi connectivity index (χ0n) is 13.5. The van der Waals surface area contributed by atoms with Crippen LogP contribution in [0.5, 0.6) is 11.5 Å². The summed E-state index contributed by atoms with van der Waals surface area (Å²) in [5.74, 6) is 0.735. The van der Waals surface area contributed by atoms with E-state index >= 15 is 0 Å². The summed E-state index contributed by atoms with van der Waals surface area (Å²) >= 11 is 0. The summed E-state index contributed by atoms with van der Waals surface area (Å²) in [6.07, 6.45) is 0. The van der Waals surface area contributed by atoms with E-state index < -0.39 is 0 Å². The molecule has 3 rings (SSSR count). The van der Waals surface area contributed by atoms with E-state index in [1.54, 1.807) is 18.2 Å². The Bertz CT molecular complexity index is 802. The Morgan fingerprint density at radius 1 is 1.21 bits per heavy atom. The number of benzene rings is 2. The SMILES string of the molecule is Cc1ccc(OCC(=O)Nc2ccc3c(c2)NC(=O)CO3)cc1C. The van der Waals surface area contributed by atoms with E-state index in [1.165, 1.54) is 5.56 Å². The number of ether oxygens (including phenoxy) is 2. The first-order valence-electron chi connectivity index (χ1n) is 7.58. The zero-order valence-corrected chi connectivity index (χ0v) is 13.5. The highest BCUT2D eigenvalue weighted by molar-refractivity contribution is 5.97. The van der Waals surface area contributed by atoms with Crippen molar-refractivity contribution in [3.8, 4) is 11.5 Å². The minimum atomic E-state index is -0.281. The largest absolute Gasteiger partial charge is 0.484 e. The lowest BCUT2D eigenvalue weighted by molar-refractivity contribution is -0.119. The van der Waals surface area contributed by atoms with Crippen molar-refractivity contribution in [2.24, 2.45) is 0 Å². The summed E-state index contributed by atoms with van der Waals surface area (Å²) in [6, 6.07) is 10.8. The lowest BCUT2D eigenvalue weighted by Gasteiger charge is -2.18. The smallest absolute Gasteiger partial charge is 0.262 e. The molecule has 24 heavy (non-hydrogen) atoms. The van der Waals surface area contributed by atoms with Crippen LogP contribution in [-0.4, -0.2) is 25.0 Å². The minimum absolute atomic E-state index is 0.00249. The van der Waals surface area contributed by atoms with Gasteiger partial charge in [0.2, 0.25) is 0 Å². The number of amides is 2. The average Bonchev–Trinajstić information content (AvgIpc) is 2.55. The molecule has 0 atom stereocenters. The highest BCUT2D eigenvalue weighted by Gasteiger charge is 2.16. The lowest BCUT2D eigenvalue weighted by atomic mass is 10.1. The van der Waals surface area contributed by atoms with Gasteiger partial charge in [0.05, 0.1) is 5.69 Å². The fourth-order valence-electron chi connectivity index (χ4n) is 2.31. The maximum Gasteiger partial charge on any atom is 0.262 e. The quantitative estimate of drug-likeness (QED) is 0.905. The fourth-order valence-corrected chi connectivity index (χ4v) is 2.31. The van der Waals surface area contributed by atoms with Crippen molar-refractivity contribution < 1.29 is 19.1 Å². The Balaban J connectivity index is 1.59. The molecule has 2 aromatic carbocycles. The molecule has 1 aliphatic rings. The second kappa shape index (κ2) is 6.62. The van der Waals surface area contributed by atoms with Gasteiger partial charge in [0.1, 0.15) is 11.5 Å². The average molecular weight is 326 g/mol. The molecular formula is C18H18N2O4. The molecule has 1 heterocycles. The predicted molar refractivity (Wildman–Crippen MR) is 90.6 cm³/mol. The first kappa shape index (κ1) is 15.9. The highest BCUT2D eigenvalue weighted by Crippen LogP contribution is 2.30. The van der Waals surface area contributed by atoms with E-state index in [4.69, 9.17) is 9.47 Å². The summed E-state index contributed by atoms with van der Waals surface area (Å²) in [6.45, 7) is 3.92. The van der Waals surface area contributed by atoms with Crippen LogP contribution in [0, 0.1) is 13.8 Å². The van der Waals surface area contributed by atoms with Crippen LogP contribution in [0.2, 0.25) is 0 Å². The van der Waals surface area contributed by atoms with Gasteiger partial charge in [0.25, 0.3) is 11.8 Å². The van der Waals surface area contributed by atoms with Gasteiger partial charge in [-0.05, 0) is 55.3 Å². The van der Waals surface area contributed by atoms with Crippen LogP contribution in [0.4, 0.5) is 11.4 Å². The number of anilines is 2. The van der Waals surface area contributed by atoms with Gasteiger partial charge in [0, 0.05) is 5.69 Å². The molecule has 2 N–H and O–H groups in total.